The maximum Gasteiger partial charge on any atom is 0.240 e. The lowest BCUT2D eigenvalue weighted by atomic mass is 9.99. The van der Waals surface area contributed by atoms with Crippen molar-refractivity contribution >= 4 is 15.9 Å². The lowest BCUT2D eigenvalue weighted by Gasteiger charge is -2.28. The zero-order chi connectivity index (χ0) is 15.7. The number of aromatic nitrogens is 2. The highest BCUT2D eigenvalue weighted by molar-refractivity contribution is 9.10. The van der Waals surface area contributed by atoms with Crippen molar-refractivity contribution in [1.29, 1.82) is 0 Å². The molecule has 5 nitrogen and oxygen atoms in total. The van der Waals surface area contributed by atoms with Crippen LogP contribution < -0.4 is 4.90 Å². The largest absolute Gasteiger partial charge is 0.359 e. The number of rotatable bonds is 3. The third-order valence-electron chi connectivity index (χ3n) is 4.36. The third kappa shape index (κ3) is 3.17. The van der Waals surface area contributed by atoms with Gasteiger partial charge in [0.2, 0.25) is 11.4 Å². The Kier molecular flexibility index (Phi) is 4.49. The minimum atomic E-state index is 0.518. The fraction of sp³-hybridized carbons (Fsp3) is 0.500. The number of hydrogen-bond donors (Lipinski definition) is 0. The Bertz CT molecular complexity index is 663. The maximum absolute atomic E-state index is 12.0. The molecular formula is C16H20BrN3O2. The van der Waals surface area contributed by atoms with Crippen LogP contribution >= 0.6 is 15.9 Å². The first kappa shape index (κ1) is 15.5. The van der Waals surface area contributed by atoms with Gasteiger partial charge in [0, 0.05) is 15.2 Å². The Morgan fingerprint density at radius 1 is 1.41 bits per heavy atom. The number of hydrogen-bond acceptors (Lipinski definition) is 4. The molecule has 22 heavy (non-hydrogen) atoms. The van der Waals surface area contributed by atoms with E-state index in [9.17, 15) is 5.21 Å². The summed E-state index contributed by atoms with van der Waals surface area (Å²) in [5, 5.41) is 16.0. The van der Waals surface area contributed by atoms with E-state index in [-0.39, 0.29) is 0 Å². The van der Waals surface area contributed by atoms with Gasteiger partial charge in [-0.25, -0.2) is 0 Å². The Labute approximate surface area is 138 Å². The fourth-order valence-electron chi connectivity index (χ4n) is 2.88. The lowest BCUT2D eigenvalue weighted by molar-refractivity contribution is -0.793. The molecule has 1 aromatic heterocycles. The van der Waals surface area contributed by atoms with E-state index in [1.54, 1.807) is 0 Å². The number of benzene rings is 1. The maximum atomic E-state index is 12.0. The molecule has 1 aliphatic rings. The summed E-state index contributed by atoms with van der Waals surface area (Å²) in [6.45, 7) is 7.05. The van der Waals surface area contributed by atoms with Gasteiger partial charge in [0.25, 0.3) is 0 Å². The summed E-state index contributed by atoms with van der Waals surface area (Å²) >= 11 is 3.48. The molecule has 1 fully saturated rings. The fourth-order valence-corrected chi connectivity index (χ4v) is 3.12. The summed E-state index contributed by atoms with van der Waals surface area (Å²) in [6.07, 6.45) is 2.39. The van der Waals surface area contributed by atoms with Gasteiger partial charge in [-0.15, -0.1) is 0 Å². The molecule has 0 unspecified atom stereocenters. The van der Waals surface area contributed by atoms with Crippen molar-refractivity contribution in [2.75, 3.05) is 13.1 Å². The van der Waals surface area contributed by atoms with Crippen LogP contribution in [-0.4, -0.2) is 23.1 Å². The quantitative estimate of drug-likeness (QED) is 0.783. The van der Waals surface area contributed by atoms with Crippen molar-refractivity contribution in [3.63, 3.8) is 0 Å². The molecule has 2 heterocycles. The van der Waals surface area contributed by atoms with Crippen molar-refractivity contribution in [3.05, 3.63) is 39.1 Å². The predicted molar refractivity (Wildman–Crippen MR) is 87.0 cm³/mol. The zero-order valence-electron chi connectivity index (χ0n) is 12.9. The number of aryl methyl sites for hydroxylation is 1. The van der Waals surface area contributed by atoms with E-state index in [0.717, 1.165) is 34.6 Å². The zero-order valence-corrected chi connectivity index (χ0v) is 14.5. The SMILES string of the molecule is Cc1cc(-c2c(CN3CCC(C)CC3)no[n+]2[O-])ccc1Br. The van der Waals surface area contributed by atoms with E-state index in [4.69, 9.17) is 4.63 Å². The molecule has 2 aromatic rings. The van der Waals surface area contributed by atoms with Crippen LogP contribution in [-0.2, 0) is 6.54 Å². The molecule has 0 atom stereocenters. The number of piperidine rings is 1. The second kappa shape index (κ2) is 6.38. The molecule has 0 spiro atoms. The van der Waals surface area contributed by atoms with Crippen molar-refractivity contribution < 1.29 is 9.53 Å². The topological polar surface area (TPSA) is 56.2 Å². The molecule has 0 amide bonds. The van der Waals surface area contributed by atoms with Crippen LogP contribution in [0.5, 0.6) is 0 Å². The van der Waals surface area contributed by atoms with Gasteiger partial charge >= 0.3 is 0 Å². The second-order valence-corrected chi connectivity index (χ2v) is 7.00. The van der Waals surface area contributed by atoms with Crippen LogP contribution in [0.4, 0.5) is 0 Å². The molecule has 0 aliphatic carbocycles. The Morgan fingerprint density at radius 3 is 2.82 bits per heavy atom. The molecule has 0 bridgehead atoms. The molecular weight excluding hydrogens is 346 g/mol. The van der Waals surface area contributed by atoms with Gasteiger partial charge in [-0.05, 0) is 67.4 Å². The first-order chi connectivity index (χ1) is 10.5. The summed E-state index contributed by atoms with van der Waals surface area (Å²) in [5.41, 5.74) is 3.16. The summed E-state index contributed by atoms with van der Waals surface area (Å²) in [4.78, 5) is 2.86. The van der Waals surface area contributed by atoms with Gasteiger partial charge in [-0.1, -0.05) is 22.9 Å². The summed E-state index contributed by atoms with van der Waals surface area (Å²) in [5.74, 6) is 0.784. The highest BCUT2D eigenvalue weighted by Crippen LogP contribution is 2.26. The van der Waals surface area contributed by atoms with E-state index in [1.165, 1.54) is 12.8 Å². The molecule has 1 aliphatic heterocycles. The highest BCUT2D eigenvalue weighted by Gasteiger charge is 2.25. The van der Waals surface area contributed by atoms with Gasteiger partial charge < -0.3 is 5.21 Å². The number of halogens is 1. The second-order valence-electron chi connectivity index (χ2n) is 6.15. The Morgan fingerprint density at radius 2 is 2.14 bits per heavy atom. The predicted octanol–water partition coefficient (Wildman–Crippen LogP) is 3.28. The third-order valence-corrected chi connectivity index (χ3v) is 5.25. The van der Waals surface area contributed by atoms with E-state index in [0.29, 0.717) is 22.8 Å². The first-order valence-corrected chi connectivity index (χ1v) is 8.41. The minimum Gasteiger partial charge on any atom is -0.359 e. The molecule has 118 valence electrons. The lowest BCUT2D eigenvalue weighted by Crippen LogP contribution is -2.33. The molecule has 6 heteroatoms. The van der Waals surface area contributed by atoms with E-state index >= 15 is 0 Å². The van der Waals surface area contributed by atoms with E-state index in [2.05, 4.69) is 32.9 Å². The first-order valence-electron chi connectivity index (χ1n) is 7.62. The van der Waals surface area contributed by atoms with Crippen LogP contribution in [0.3, 0.4) is 0 Å². The molecule has 1 aromatic carbocycles. The summed E-state index contributed by atoms with van der Waals surface area (Å²) < 4.78 is 5.88. The molecule has 0 radical (unpaired) electrons. The van der Waals surface area contributed by atoms with Crippen molar-refractivity contribution in [2.24, 2.45) is 5.92 Å². The van der Waals surface area contributed by atoms with Crippen LogP contribution in [0.1, 0.15) is 31.0 Å². The molecule has 1 saturated heterocycles. The van der Waals surface area contributed by atoms with Crippen LogP contribution in [0.15, 0.2) is 27.3 Å². The van der Waals surface area contributed by atoms with Gasteiger partial charge in [0.15, 0.2) is 0 Å². The number of nitrogens with zero attached hydrogens (tertiary/aromatic N) is 3. The van der Waals surface area contributed by atoms with Crippen LogP contribution in [0.2, 0.25) is 0 Å². The highest BCUT2D eigenvalue weighted by atomic mass is 79.9. The van der Waals surface area contributed by atoms with Crippen LogP contribution in [0, 0.1) is 18.0 Å². The minimum absolute atomic E-state index is 0.518. The Hall–Kier alpha value is -1.40. The van der Waals surface area contributed by atoms with Gasteiger partial charge in [0.1, 0.15) is 0 Å². The van der Waals surface area contributed by atoms with Crippen molar-refractivity contribution in [3.8, 4) is 11.3 Å². The van der Waals surface area contributed by atoms with Gasteiger partial charge in [-0.3, -0.25) is 9.53 Å². The van der Waals surface area contributed by atoms with E-state index in [1.807, 2.05) is 25.1 Å². The number of likely N-dealkylation sites (tertiary alicyclic amines) is 1. The summed E-state index contributed by atoms with van der Waals surface area (Å²) in [7, 11) is 0. The van der Waals surface area contributed by atoms with Gasteiger partial charge in [0.05, 0.1) is 6.54 Å². The van der Waals surface area contributed by atoms with Crippen molar-refractivity contribution in [2.45, 2.75) is 33.2 Å². The molecule has 0 saturated carbocycles. The molecule has 3 rings (SSSR count). The Balaban J connectivity index is 1.86. The normalized spacial score (nSPS) is 17.0. The monoisotopic (exact) mass is 365 g/mol. The average molecular weight is 366 g/mol. The van der Waals surface area contributed by atoms with Crippen molar-refractivity contribution in [1.82, 2.24) is 10.1 Å². The van der Waals surface area contributed by atoms with E-state index < -0.39 is 0 Å². The standard InChI is InChI=1S/C16H20BrN3O2/c1-11-5-7-19(8-6-11)10-15-16(20(21)22-18-15)13-3-4-14(17)12(2)9-13/h3-4,9,11H,5-8,10H2,1-2H3. The summed E-state index contributed by atoms with van der Waals surface area (Å²) in [6, 6.07) is 5.84. The average Bonchev–Trinajstić information content (AvgIpc) is 2.85. The van der Waals surface area contributed by atoms with Gasteiger partial charge in [-0.2, -0.15) is 0 Å². The smallest absolute Gasteiger partial charge is 0.240 e. The molecule has 0 N–H and O–H groups in total. The van der Waals surface area contributed by atoms with Crippen LogP contribution in [0.25, 0.3) is 11.3 Å².